The Balaban J connectivity index is 2.35. The Morgan fingerprint density at radius 2 is 1.80 bits per heavy atom. The predicted octanol–water partition coefficient (Wildman–Crippen LogP) is 5.58. The molecule has 0 aliphatic heterocycles. The highest BCUT2D eigenvalue weighted by Crippen LogP contribution is 2.30. The van der Waals surface area contributed by atoms with Crippen LogP contribution < -0.4 is 0 Å². The number of aromatic hydroxyl groups is 1. The van der Waals surface area contributed by atoms with E-state index in [-0.39, 0.29) is 18.3 Å². The van der Waals surface area contributed by atoms with E-state index >= 15 is 0 Å². The van der Waals surface area contributed by atoms with Gasteiger partial charge in [0.05, 0.1) is 0 Å². The van der Waals surface area contributed by atoms with Gasteiger partial charge < -0.3 is 9.84 Å². The number of ether oxygens (including phenoxy) is 1. The number of benzene rings is 2. The van der Waals surface area contributed by atoms with E-state index in [1.165, 1.54) is 5.56 Å². The van der Waals surface area contributed by atoms with Crippen molar-refractivity contribution in [3.05, 3.63) is 65.7 Å². The molecule has 0 aliphatic carbocycles. The highest BCUT2D eigenvalue weighted by molar-refractivity contribution is 5.86. The second-order valence-corrected chi connectivity index (χ2v) is 6.51. The fraction of sp³-hybridized carbons (Fsp3) is 0.318. The lowest BCUT2D eigenvalue weighted by molar-refractivity contribution is -0.140. The number of carbonyl (C=O) groups is 1. The minimum atomic E-state index is -0.371. The minimum Gasteiger partial charge on any atom is -0.508 e. The van der Waals surface area contributed by atoms with Gasteiger partial charge in [-0.3, -0.25) is 0 Å². The zero-order valence-corrected chi connectivity index (χ0v) is 15.2. The Hall–Kier alpha value is -2.55. The van der Waals surface area contributed by atoms with Crippen molar-refractivity contribution in [1.82, 2.24) is 0 Å². The number of hydrogen-bond acceptors (Lipinski definition) is 3. The topological polar surface area (TPSA) is 46.5 Å². The lowest BCUT2D eigenvalue weighted by Crippen LogP contribution is -2.08. The molecule has 0 saturated carbocycles. The van der Waals surface area contributed by atoms with Gasteiger partial charge in [-0.25, -0.2) is 4.79 Å². The van der Waals surface area contributed by atoms with Crippen LogP contribution in [0.4, 0.5) is 0 Å². The summed E-state index contributed by atoms with van der Waals surface area (Å²) < 4.78 is 5.39. The molecule has 132 valence electrons. The molecule has 3 heteroatoms. The standard InChI is InChI=1S/C22H26O3/c1-5-6-16(4)21-12-9-18(17-7-10-20(23)11-8-17)13-19(21)14-25-22(24)15(2)3/h7-13,16,23H,2,5-6,14H2,1,3-4H3. The van der Waals surface area contributed by atoms with Crippen LogP contribution in [0.2, 0.25) is 0 Å². The van der Waals surface area contributed by atoms with Crippen molar-refractivity contribution in [1.29, 1.82) is 0 Å². The first kappa shape index (κ1) is 18.8. The van der Waals surface area contributed by atoms with Gasteiger partial charge >= 0.3 is 5.97 Å². The van der Waals surface area contributed by atoms with Crippen LogP contribution in [0.3, 0.4) is 0 Å². The van der Waals surface area contributed by atoms with E-state index in [1.54, 1.807) is 19.1 Å². The third-order valence-electron chi connectivity index (χ3n) is 4.30. The molecule has 0 heterocycles. The Morgan fingerprint density at radius 1 is 1.16 bits per heavy atom. The maximum atomic E-state index is 11.8. The maximum absolute atomic E-state index is 11.8. The molecular weight excluding hydrogens is 312 g/mol. The molecular formula is C22H26O3. The smallest absolute Gasteiger partial charge is 0.333 e. The van der Waals surface area contributed by atoms with Gasteiger partial charge in [-0.15, -0.1) is 0 Å². The molecule has 2 rings (SSSR count). The Kier molecular flexibility index (Phi) is 6.40. The Bertz CT molecular complexity index is 744. The van der Waals surface area contributed by atoms with Gasteiger partial charge in [-0.2, -0.15) is 0 Å². The van der Waals surface area contributed by atoms with Crippen LogP contribution in [0.5, 0.6) is 5.75 Å². The summed E-state index contributed by atoms with van der Waals surface area (Å²) in [5, 5.41) is 9.47. The number of phenols is 1. The molecule has 2 aromatic rings. The van der Waals surface area contributed by atoms with E-state index in [0.29, 0.717) is 11.5 Å². The molecule has 2 aromatic carbocycles. The van der Waals surface area contributed by atoms with Crippen LogP contribution in [0.1, 0.15) is 50.7 Å². The monoisotopic (exact) mass is 338 g/mol. The van der Waals surface area contributed by atoms with Crippen molar-refractivity contribution in [2.45, 2.75) is 46.1 Å². The summed E-state index contributed by atoms with van der Waals surface area (Å²) in [4.78, 5) is 11.8. The highest BCUT2D eigenvalue weighted by Gasteiger charge is 2.14. The fourth-order valence-corrected chi connectivity index (χ4v) is 2.90. The molecule has 0 aromatic heterocycles. The van der Waals surface area contributed by atoms with Crippen LogP contribution in [0.15, 0.2) is 54.6 Å². The van der Waals surface area contributed by atoms with Gasteiger partial charge in [0, 0.05) is 5.57 Å². The molecule has 0 radical (unpaired) electrons. The van der Waals surface area contributed by atoms with E-state index in [4.69, 9.17) is 4.74 Å². The van der Waals surface area contributed by atoms with Crippen LogP contribution in [0.25, 0.3) is 11.1 Å². The lowest BCUT2D eigenvalue weighted by Gasteiger charge is -2.18. The number of carbonyl (C=O) groups excluding carboxylic acids is 1. The molecule has 1 atom stereocenters. The number of rotatable bonds is 7. The van der Waals surface area contributed by atoms with Crippen molar-refractivity contribution >= 4 is 5.97 Å². The van der Waals surface area contributed by atoms with Gasteiger partial charge in [0.25, 0.3) is 0 Å². The van der Waals surface area contributed by atoms with Gasteiger partial charge in [0.15, 0.2) is 0 Å². The zero-order chi connectivity index (χ0) is 18.4. The zero-order valence-electron chi connectivity index (χ0n) is 15.2. The Labute approximate surface area is 150 Å². The largest absolute Gasteiger partial charge is 0.508 e. The summed E-state index contributed by atoms with van der Waals surface area (Å²) in [5.41, 5.74) is 4.67. The van der Waals surface area contributed by atoms with E-state index in [1.807, 2.05) is 12.1 Å². The SMILES string of the molecule is C=C(C)C(=O)OCc1cc(-c2ccc(O)cc2)ccc1C(C)CCC. The summed E-state index contributed by atoms with van der Waals surface area (Å²) in [5.74, 6) is 0.272. The van der Waals surface area contributed by atoms with Crippen LogP contribution in [0, 0.1) is 0 Å². The second-order valence-electron chi connectivity index (χ2n) is 6.51. The average molecular weight is 338 g/mol. The van der Waals surface area contributed by atoms with E-state index < -0.39 is 0 Å². The number of hydrogen-bond donors (Lipinski definition) is 1. The van der Waals surface area contributed by atoms with Crippen molar-refractivity contribution in [2.24, 2.45) is 0 Å². The molecule has 0 amide bonds. The summed E-state index contributed by atoms with van der Waals surface area (Å²) >= 11 is 0. The molecule has 25 heavy (non-hydrogen) atoms. The van der Waals surface area contributed by atoms with Crippen LogP contribution in [-0.4, -0.2) is 11.1 Å². The van der Waals surface area contributed by atoms with Gasteiger partial charge in [0.1, 0.15) is 12.4 Å². The first-order valence-electron chi connectivity index (χ1n) is 8.67. The quantitative estimate of drug-likeness (QED) is 0.529. The van der Waals surface area contributed by atoms with E-state index in [2.05, 4.69) is 38.6 Å². The molecule has 0 bridgehead atoms. The van der Waals surface area contributed by atoms with Gasteiger partial charge in [-0.05, 0) is 59.7 Å². The van der Waals surface area contributed by atoms with Crippen molar-refractivity contribution in [3.63, 3.8) is 0 Å². The maximum Gasteiger partial charge on any atom is 0.333 e. The van der Waals surface area contributed by atoms with E-state index in [0.717, 1.165) is 29.5 Å². The van der Waals surface area contributed by atoms with Crippen molar-refractivity contribution < 1.29 is 14.6 Å². The van der Waals surface area contributed by atoms with Crippen molar-refractivity contribution in [3.8, 4) is 16.9 Å². The fourth-order valence-electron chi connectivity index (χ4n) is 2.90. The highest BCUT2D eigenvalue weighted by atomic mass is 16.5. The summed E-state index contributed by atoms with van der Waals surface area (Å²) in [6.45, 7) is 9.88. The predicted molar refractivity (Wildman–Crippen MR) is 101 cm³/mol. The molecule has 1 unspecified atom stereocenters. The molecule has 3 nitrogen and oxygen atoms in total. The molecule has 1 N–H and O–H groups in total. The van der Waals surface area contributed by atoms with Gasteiger partial charge in [-0.1, -0.05) is 51.1 Å². The molecule has 0 spiro atoms. The Morgan fingerprint density at radius 3 is 2.40 bits per heavy atom. The normalized spacial score (nSPS) is 11.8. The van der Waals surface area contributed by atoms with Crippen LogP contribution >= 0.6 is 0 Å². The summed E-state index contributed by atoms with van der Waals surface area (Å²) in [6.07, 6.45) is 2.19. The lowest BCUT2D eigenvalue weighted by atomic mass is 9.90. The molecule has 0 aliphatic rings. The number of esters is 1. The molecule has 0 saturated heterocycles. The number of phenolic OH excluding ortho intramolecular Hbond substituents is 1. The van der Waals surface area contributed by atoms with Crippen molar-refractivity contribution in [2.75, 3.05) is 0 Å². The second kappa shape index (κ2) is 8.52. The summed E-state index contributed by atoms with van der Waals surface area (Å²) in [6, 6.07) is 13.4. The molecule has 0 fully saturated rings. The first-order valence-corrected chi connectivity index (χ1v) is 8.67. The summed E-state index contributed by atoms with van der Waals surface area (Å²) in [7, 11) is 0. The average Bonchev–Trinajstić information content (AvgIpc) is 2.60. The van der Waals surface area contributed by atoms with Gasteiger partial charge in [0.2, 0.25) is 0 Å². The third-order valence-corrected chi connectivity index (χ3v) is 4.30. The third kappa shape index (κ3) is 4.96. The first-order chi connectivity index (χ1) is 11.9. The minimum absolute atomic E-state index is 0.237. The van der Waals surface area contributed by atoms with E-state index in [9.17, 15) is 9.90 Å². The van der Waals surface area contributed by atoms with Crippen LogP contribution in [-0.2, 0) is 16.1 Å².